The lowest BCUT2D eigenvalue weighted by Gasteiger charge is -2.17. The Hall–Kier alpha value is -1.35. The summed E-state index contributed by atoms with van der Waals surface area (Å²) in [5.74, 6) is 1.49. The predicted octanol–water partition coefficient (Wildman–Crippen LogP) is 3.59. The SMILES string of the molecule is CNCc1ccc2nc(C3CCCCC3)oc2c1. The molecule has 0 atom stereocenters. The fourth-order valence-corrected chi connectivity index (χ4v) is 2.83. The van der Waals surface area contributed by atoms with Crippen molar-refractivity contribution in [2.75, 3.05) is 7.05 Å². The topological polar surface area (TPSA) is 38.1 Å². The molecule has 3 rings (SSSR count). The van der Waals surface area contributed by atoms with Crippen LogP contribution in [-0.2, 0) is 6.54 Å². The number of rotatable bonds is 3. The molecule has 0 aliphatic heterocycles. The number of nitrogens with one attached hydrogen (secondary N) is 1. The average Bonchev–Trinajstić information content (AvgIpc) is 2.83. The molecule has 18 heavy (non-hydrogen) atoms. The van der Waals surface area contributed by atoms with Crippen LogP contribution in [0.15, 0.2) is 22.6 Å². The summed E-state index contributed by atoms with van der Waals surface area (Å²) in [5, 5.41) is 3.16. The van der Waals surface area contributed by atoms with E-state index in [1.54, 1.807) is 0 Å². The summed E-state index contributed by atoms with van der Waals surface area (Å²) in [6, 6.07) is 6.29. The van der Waals surface area contributed by atoms with Crippen LogP contribution in [0.3, 0.4) is 0 Å². The lowest BCUT2D eigenvalue weighted by atomic mass is 9.89. The molecule has 1 aliphatic rings. The van der Waals surface area contributed by atoms with Gasteiger partial charge in [0.2, 0.25) is 0 Å². The zero-order valence-electron chi connectivity index (χ0n) is 10.9. The molecule has 1 saturated carbocycles. The van der Waals surface area contributed by atoms with Crippen LogP contribution in [0.1, 0.15) is 49.5 Å². The molecule has 0 bridgehead atoms. The van der Waals surface area contributed by atoms with Crippen LogP contribution in [0.25, 0.3) is 11.1 Å². The highest BCUT2D eigenvalue weighted by molar-refractivity contribution is 5.73. The van der Waals surface area contributed by atoms with Crippen molar-refractivity contribution in [1.29, 1.82) is 0 Å². The Labute approximate surface area is 108 Å². The molecule has 3 nitrogen and oxygen atoms in total. The highest BCUT2D eigenvalue weighted by atomic mass is 16.3. The summed E-state index contributed by atoms with van der Waals surface area (Å²) in [7, 11) is 1.96. The fourth-order valence-electron chi connectivity index (χ4n) is 2.83. The fraction of sp³-hybridized carbons (Fsp3) is 0.533. The van der Waals surface area contributed by atoms with E-state index in [1.165, 1.54) is 37.7 Å². The van der Waals surface area contributed by atoms with Crippen molar-refractivity contribution in [3.8, 4) is 0 Å². The van der Waals surface area contributed by atoms with Gasteiger partial charge in [-0.15, -0.1) is 0 Å². The van der Waals surface area contributed by atoms with Crippen LogP contribution in [0.4, 0.5) is 0 Å². The molecule has 0 saturated heterocycles. The lowest BCUT2D eigenvalue weighted by Crippen LogP contribution is -2.04. The molecule has 1 fully saturated rings. The Morgan fingerprint density at radius 2 is 2.11 bits per heavy atom. The Balaban J connectivity index is 1.89. The Morgan fingerprint density at radius 1 is 1.28 bits per heavy atom. The van der Waals surface area contributed by atoms with Gasteiger partial charge in [0.15, 0.2) is 11.5 Å². The Morgan fingerprint density at radius 3 is 2.89 bits per heavy atom. The molecule has 1 aliphatic carbocycles. The van der Waals surface area contributed by atoms with Crippen LogP contribution >= 0.6 is 0 Å². The van der Waals surface area contributed by atoms with Gasteiger partial charge in [-0.3, -0.25) is 0 Å². The largest absolute Gasteiger partial charge is 0.440 e. The summed E-state index contributed by atoms with van der Waals surface area (Å²) in [6.45, 7) is 0.870. The number of hydrogen-bond acceptors (Lipinski definition) is 3. The monoisotopic (exact) mass is 244 g/mol. The van der Waals surface area contributed by atoms with Gasteiger partial charge in [0.1, 0.15) is 5.52 Å². The van der Waals surface area contributed by atoms with E-state index in [-0.39, 0.29) is 0 Å². The number of nitrogens with zero attached hydrogens (tertiary/aromatic N) is 1. The van der Waals surface area contributed by atoms with E-state index in [4.69, 9.17) is 4.42 Å². The van der Waals surface area contributed by atoms with E-state index < -0.39 is 0 Å². The Bertz CT molecular complexity index is 526. The van der Waals surface area contributed by atoms with Gasteiger partial charge in [-0.25, -0.2) is 4.98 Å². The predicted molar refractivity (Wildman–Crippen MR) is 72.6 cm³/mol. The molecular formula is C15H20N2O. The lowest BCUT2D eigenvalue weighted by molar-refractivity contribution is 0.373. The molecular weight excluding hydrogens is 224 g/mol. The van der Waals surface area contributed by atoms with Gasteiger partial charge in [-0.1, -0.05) is 25.3 Å². The van der Waals surface area contributed by atoms with Crippen LogP contribution < -0.4 is 5.32 Å². The summed E-state index contributed by atoms with van der Waals surface area (Å²) in [4.78, 5) is 4.65. The van der Waals surface area contributed by atoms with Crippen LogP contribution in [-0.4, -0.2) is 12.0 Å². The molecule has 0 amide bonds. The van der Waals surface area contributed by atoms with Gasteiger partial charge >= 0.3 is 0 Å². The number of oxazole rings is 1. The van der Waals surface area contributed by atoms with E-state index in [9.17, 15) is 0 Å². The molecule has 1 N–H and O–H groups in total. The standard InChI is InChI=1S/C15H20N2O/c1-16-10-11-7-8-13-14(9-11)18-15(17-13)12-5-3-2-4-6-12/h7-9,12,16H,2-6,10H2,1H3. The second-order valence-electron chi connectivity index (χ2n) is 5.22. The number of aromatic nitrogens is 1. The van der Waals surface area contributed by atoms with Gasteiger partial charge < -0.3 is 9.73 Å². The van der Waals surface area contributed by atoms with E-state index in [0.29, 0.717) is 5.92 Å². The first-order valence-electron chi connectivity index (χ1n) is 6.91. The summed E-state index contributed by atoms with van der Waals surface area (Å²) < 4.78 is 5.96. The minimum absolute atomic E-state index is 0.541. The van der Waals surface area contributed by atoms with Crippen LogP contribution in [0, 0.1) is 0 Å². The van der Waals surface area contributed by atoms with Crippen LogP contribution in [0.5, 0.6) is 0 Å². The van der Waals surface area contributed by atoms with Crippen molar-refractivity contribution in [3.63, 3.8) is 0 Å². The second kappa shape index (κ2) is 5.11. The van der Waals surface area contributed by atoms with E-state index in [2.05, 4.69) is 28.5 Å². The normalized spacial score (nSPS) is 17.4. The van der Waals surface area contributed by atoms with Gasteiger partial charge in [0.05, 0.1) is 0 Å². The molecule has 0 spiro atoms. The highest BCUT2D eigenvalue weighted by Crippen LogP contribution is 2.33. The third kappa shape index (κ3) is 2.27. The molecule has 2 aromatic rings. The molecule has 1 heterocycles. The van der Waals surface area contributed by atoms with Crippen molar-refractivity contribution >= 4 is 11.1 Å². The van der Waals surface area contributed by atoms with Crippen LogP contribution in [0.2, 0.25) is 0 Å². The quantitative estimate of drug-likeness (QED) is 0.896. The average molecular weight is 244 g/mol. The third-order valence-corrected chi connectivity index (χ3v) is 3.80. The molecule has 0 unspecified atom stereocenters. The first kappa shape index (κ1) is 11.7. The van der Waals surface area contributed by atoms with Crippen molar-refractivity contribution in [2.45, 2.75) is 44.6 Å². The summed E-state index contributed by atoms with van der Waals surface area (Å²) in [6.07, 6.45) is 6.46. The molecule has 0 radical (unpaired) electrons. The minimum Gasteiger partial charge on any atom is -0.440 e. The van der Waals surface area contributed by atoms with Crippen molar-refractivity contribution in [1.82, 2.24) is 10.3 Å². The highest BCUT2D eigenvalue weighted by Gasteiger charge is 2.20. The van der Waals surface area contributed by atoms with E-state index >= 15 is 0 Å². The van der Waals surface area contributed by atoms with Crippen molar-refractivity contribution < 1.29 is 4.42 Å². The zero-order valence-corrected chi connectivity index (χ0v) is 10.9. The summed E-state index contributed by atoms with van der Waals surface area (Å²) in [5.41, 5.74) is 3.18. The molecule has 1 aromatic carbocycles. The van der Waals surface area contributed by atoms with Crippen molar-refractivity contribution in [3.05, 3.63) is 29.7 Å². The molecule has 96 valence electrons. The van der Waals surface area contributed by atoms with E-state index in [0.717, 1.165) is 23.5 Å². The maximum atomic E-state index is 5.96. The smallest absolute Gasteiger partial charge is 0.198 e. The van der Waals surface area contributed by atoms with E-state index in [1.807, 2.05) is 7.05 Å². The zero-order chi connectivity index (χ0) is 12.4. The Kier molecular flexibility index (Phi) is 3.33. The van der Waals surface area contributed by atoms with Crippen molar-refractivity contribution in [2.24, 2.45) is 0 Å². The number of fused-ring (bicyclic) bond motifs is 1. The maximum Gasteiger partial charge on any atom is 0.198 e. The van der Waals surface area contributed by atoms with Gasteiger partial charge in [0, 0.05) is 12.5 Å². The third-order valence-electron chi connectivity index (χ3n) is 3.80. The summed E-state index contributed by atoms with van der Waals surface area (Å²) >= 11 is 0. The first-order chi connectivity index (χ1) is 8.86. The van der Waals surface area contributed by atoms with Gasteiger partial charge in [0.25, 0.3) is 0 Å². The maximum absolute atomic E-state index is 5.96. The first-order valence-corrected chi connectivity index (χ1v) is 6.91. The second-order valence-corrected chi connectivity index (χ2v) is 5.22. The number of benzene rings is 1. The van der Waals surface area contributed by atoms with Gasteiger partial charge in [-0.05, 0) is 37.6 Å². The minimum atomic E-state index is 0.541. The van der Waals surface area contributed by atoms with Gasteiger partial charge in [-0.2, -0.15) is 0 Å². The molecule has 3 heteroatoms. The molecule has 1 aromatic heterocycles. The number of hydrogen-bond donors (Lipinski definition) is 1.